The largest absolute Gasteiger partial charge is 0.496 e. The summed E-state index contributed by atoms with van der Waals surface area (Å²) in [6.45, 7) is 4.16. The van der Waals surface area contributed by atoms with E-state index in [4.69, 9.17) is 21.4 Å². The Labute approximate surface area is 204 Å². The molecular formula is C29H26ClNO3. The zero-order valence-corrected chi connectivity index (χ0v) is 20.1. The van der Waals surface area contributed by atoms with Gasteiger partial charge in [0.05, 0.1) is 17.8 Å². The Morgan fingerprint density at radius 1 is 1.09 bits per heavy atom. The molecule has 0 aliphatic carbocycles. The Bertz CT molecular complexity index is 1410. The molecule has 4 nitrogen and oxygen atoms in total. The van der Waals surface area contributed by atoms with E-state index in [1.54, 1.807) is 13.2 Å². The van der Waals surface area contributed by atoms with Crippen molar-refractivity contribution in [1.29, 1.82) is 0 Å². The Hall–Kier alpha value is -3.76. The highest BCUT2D eigenvalue weighted by molar-refractivity contribution is 6.38. The minimum absolute atomic E-state index is 0.664. The molecule has 0 aliphatic heterocycles. The van der Waals surface area contributed by atoms with E-state index < -0.39 is 5.97 Å². The standard InChI is InChI=1S/C29H26ClNO3/c1-4-21(22-15-9-18(2)17-25(22)34-3)27(20-13-10-19(11-14-20)12-16-26(32)33)29-28(30)23-7-5-6-8-24(23)31-29/h5-17,31H,4H2,1-3H3,(H,32,33)/b16-12+,27-21+. The van der Waals surface area contributed by atoms with Gasteiger partial charge in [-0.2, -0.15) is 0 Å². The van der Waals surface area contributed by atoms with Gasteiger partial charge in [0, 0.05) is 28.1 Å². The van der Waals surface area contributed by atoms with E-state index in [1.807, 2.05) is 61.5 Å². The van der Waals surface area contributed by atoms with Gasteiger partial charge in [-0.05, 0) is 53.8 Å². The van der Waals surface area contributed by atoms with Crippen molar-refractivity contribution < 1.29 is 14.6 Å². The van der Waals surface area contributed by atoms with Gasteiger partial charge < -0.3 is 14.8 Å². The van der Waals surface area contributed by atoms with Crippen molar-refractivity contribution in [1.82, 2.24) is 4.98 Å². The number of aliphatic carboxylic acids is 1. The Balaban J connectivity index is 2.00. The number of halogens is 1. The number of aryl methyl sites for hydroxylation is 1. The molecule has 0 saturated carbocycles. The molecule has 172 valence electrons. The fourth-order valence-electron chi connectivity index (χ4n) is 4.23. The van der Waals surface area contributed by atoms with E-state index >= 15 is 0 Å². The molecule has 34 heavy (non-hydrogen) atoms. The van der Waals surface area contributed by atoms with Crippen molar-refractivity contribution in [3.63, 3.8) is 0 Å². The number of allylic oxidation sites excluding steroid dienone is 1. The van der Waals surface area contributed by atoms with Crippen LogP contribution in [0.2, 0.25) is 5.02 Å². The maximum atomic E-state index is 10.9. The predicted octanol–water partition coefficient (Wildman–Crippen LogP) is 7.61. The van der Waals surface area contributed by atoms with Crippen molar-refractivity contribution in [2.24, 2.45) is 0 Å². The average Bonchev–Trinajstić information content (AvgIpc) is 3.18. The fourth-order valence-corrected chi connectivity index (χ4v) is 4.53. The monoisotopic (exact) mass is 471 g/mol. The van der Waals surface area contributed by atoms with Crippen LogP contribution in [0, 0.1) is 6.92 Å². The number of H-pyrrole nitrogens is 1. The second-order valence-electron chi connectivity index (χ2n) is 8.06. The quantitative estimate of drug-likeness (QED) is 0.215. The van der Waals surface area contributed by atoms with Crippen LogP contribution in [0.5, 0.6) is 5.75 Å². The number of hydrogen-bond acceptors (Lipinski definition) is 2. The van der Waals surface area contributed by atoms with Crippen molar-refractivity contribution in [2.45, 2.75) is 20.3 Å². The number of ether oxygens (including phenoxy) is 1. The molecule has 0 saturated heterocycles. The van der Waals surface area contributed by atoms with E-state index in [0.29, 0.717) is 5.02 Å². The first-order valence-corrected chi connectivity index (χ1v) is 11.5. The maximum Gasteiger partial charge on any atom is 0.328 e. The number of methoxy groups -OCH3 is 1. The maximum absolute atomic E-state index is 10.9. The topological polar surface area (TPSA) is 62.3 Å². The number of rotatable bonds is 7. The third-order valence-electron chi connectivity index (χ3n) is 5.85. The van der Waals surface area contributed by atoms with Crippen molar-refractivity contribution in [3.8, 4) is 5.75 Å². The molecule has 4 aromatic rings. The summed E-state index contributed by atoms with van der Waals surface area (Å²) in [5.74, 6) is -0.170. The lowest BCUT2D eigenvalue weighted by Gasteiger charge is -2.18. The third-order valence-corrected chi connectivity index (χ3v) is 6.24. The van der Waals surface area contributed by atoms with Crippen molar-refractivity contribution >= 4 is 45.7 Å². The van der Waals surface area contributed by atoms with Crippen LogP contribution in [0.1, 0.15) is 41.3 Å². The minimum Gasteiger partial charge on any atom is -0.496 e. The molecule has 4 rings (SSSR count). The molecule has 0 atom stereocenters. The second kappa shape index (κ2) is 10.0. The highest BCUT2D eigenvalue weighted by Gasteiger charge is 2.21. The average molecular weight is 472 g/mol. The Morgan fingerprint density at radius 3 is 2.47 bits per heavy atom. The molecule has 1 heterocycles. The number of hydrogen-bond donors (Lipinski definition) is 2. The number of fused-ring (bicyclic) bond motifs is 1. The number of aromatic nitrogens is 1. The number of para-hydroxylation sites is 1. The van der Waals surface area contributed by atoms with E-state index in [-0.39, 0.29) is 0 Å². The summed E-state index contributed by atoms with van der Waals surface area (Å²) >= 11 is 6.93. The van der Waals surface area contributed by atoms with Crippen LogP contribution in [-0.2, 0) is 4.79 Å². The normalized spacial score (nSPS) is 12.2. The summed E-state index contributed by atoms with van der Waals surface area (Å²) in [5.41, 5.74) is 7.80. The number of carbonyl (C=O) groups is 1. The van der Waals surface area contributed by atoms with Gasteiger partial charge in [-0.25, -0.2) is 4.79 Å². The summed E-state index contributed by atoms with van der Waals surface area (Å²) in [5, 5.41) is 10.6. The number of aromatic amines is 1. The summed E-state index contributed by atoms with van der Waals surface area (Å²) in [7, 11) is 1.69. The smallest absolute Gasteiger partial charge is 0.328 e. The van der Waals surface area contributed by atoms with E-state index in [0.717, 1.165) is 68.2 Å². The fraction of sp³-hybridized carbons (Fsp3) is 0.138. The lowest BCUT2D eigenvalue weighted by atomic mass is 9.89. The molecule has 0 fully saturated rings. The number of nitrogens with one attached hydrogen (secondary N) is 1. The molecule has 2 N–H and O–H groups in total. The SMILES string of the molecule is CC/C(=C(/c1ccc(/C=C/C(=O)O)cc1)c1[nH]c2ccccc2c1Cl)c1ccc(C)cc1OC. The zero-order chi connectivity index (χ0) is 24.2. The molecule has 5 heteroatoms. The van der Waals surface area contributed by atoms with Crippen LogP contribution >= 0.6 is 11.6 Å². The van der Waals surface area contributed by atoms with E-state index in [9.17, 15) is 4.79 Å². The summed E-state index contributed by atoms with van der Waals surface area (Å²) in [6.07, 6.45) is 3.46. The van der Waals surface area contributed by atoms with Crippen molar-refractivity contribution in [2.75, 3.05) is 7.11 Å². The molecule has 0 unspecified atom stereocenters. The van der Waals surface area contributed by atoms with Crippen LogP contribution < -0.4 is 4.74 Å². The van der Waals surface area contributed by atoms with Crippen LogP contribution in [0.25, 0.3) is 28.1 Å². The highest BCUT2D eigenvalue weighted by atomic mass is 35.5. The number of carboxylic acid groups (broad SMARTS) is 1. The summed E-state index contributed by atoms with van der Waals surface area (Å²) in [4.78, 5) is 14.4. The first-order valence-electron chi connectivity index (χ1n) is 11.1. The van der Waals surface area contributed by atoms with Gasteiger partial charge in [0.15, 0.2) is 0 Å². The number of benzene rings is 3. The Kier molecular flexibility index (Phi) is 6.90. The first-order chi connectivity index (χ1) is 16.4. The zero-order valence-electron chi connectivity index (χ0n) is 19.4. The molecule has 0 bridgehead atoms. The van der Waals surface area contributed by atoms with Gasteiger partial charge in [0.25, 0.3) is 0 Å². The summed E-state index contributed by atoms with van der Waals surface area (Å²) in [6, 6.07) is 22.0. The first kappa shape index (κ1) is 23.4. The second-order valence-corrected chi connectivity index (χ2v) is 8.44. The Morgan fingerprint density at radius 2 is 1.82 bits per heavy atom. The molecule has 1 aromatic heterocycles. The lowest BCUT2D eigenvalue weighted by molar-refractivity contribution is -0.131. The van der Waals surface area contributed by atoms with Gasteiger partial charge in [0.1, 0.15) is 5.75 Å². The third kappa shape index (κ3) is 4.63. The van der Waals surface area contributed by atoms with Crippen LogP contribution in [0.3, 0.4) is 0 Å². The van der Waals surface area contributed by atoms with Gasteiger partial charge in [-0.15, -0.1) is 0 Å². The lowest BCUT2D eigenvalue weighted by Crippen LogP contribution is -1.99. The minimum atomic E-state index is -0.978. The van der Waals surface area contributed by atoms with Gasteiger partial charge in [0.2, 0.25) is 0 Å². The van der Waals surface area contributed by atoms with Gasteiger partial charge in [-0.3, -0.25) is 0 Å². The molecule has 0 radical (unpaired) electrons. The number of carboxylic acids is 1. The molecule has 3 aromatic carbocycles. The van der Waals surface area contributed by atoms with E-state index in [2.05, 4.69) is 24.0 Å². The van der Waals surface area contributed by atoms with Crippen LogP contribution in [-0.4, -0.2) is 23.2 Å². The van der Waals surface area contributed by atoms with Crippen LogP contribution in [0.15, 0.2) is 72.8 Å². The molecule has 0 aliphatic rings. The molecular weight excluding hydrogens is 446 g/mol. The summed E-state index contributed by atoms with van der Waals surface area (Å²) < 4.78 is 5.75. The highest BCUT2D eigenvalue weighted by Crippen LogP contribution is 2.42. The van der Waals surface area contributed by atoms with Gasteiger partial charge in [-0.1, -0.05) is 73.1 Å². The molecule has 0 spiro atoms. The predicted molar refractivity (Wildman–Crippen MR) is 140 cm³/mol. The van der Waals surface area contributed by atoms with Crippen LogP contribution in [0.4, 0.5) is 0 Å². The van der Waals surface area contributed by atoms with E-state index in [1.165, 1.54) is 0 Å². The molecule has 0 amide bonds. The van der Waals surface area contributed by atoms with Crippen molar-refractivity contribution in [3.05, 3.63) is 106 Å². The van der Waals surface area contributed by atoms with Gasteiger partial charge >= 0.3 is 5.97 Å².